The van der Waals surface area contributed by atoms with E-state index >= 15 is 0 Å². The van der Waals surface area contributed by atoms with Crippen LogP contribution in [-0.2, 0) is 14.4 Å². The van der Waals surface area contributed by atoms with Gasteiger partial charge in [0.2, 0.25) is 24.5 Å². The van der Waals surface area contributed by atoms with E-state index in [1.807, 2.05) is 0 Å². The highest BCUT2D eigenvalue weighted by Gasteiger charge is 2.36. The molecule has 0 saturated carbocycles. The van der Waals surface area contributed by atoms with Crippen LogP contribution in [0.25, 0.3) is 0 Å². The number of ether oxygens (including phenoxy) is 2. The second kappa shape index (κ2) is 7.63. The molecule has 9 heteroatoms. The van der Waals surface area contributed by atoms with Crippen LogP contribution >= 0.6 is 11.6 Å². The molecule has 2 aliphatic heterocycles. The van der Waals surface area contributed by atoms with Crippen molar-refractivity contribution in [2.45, 2.75) is 13.3 Å². The van der Waals surface area contributed by atoms with Gasteiger partial charge in [-0.15, -0.1) is 0 Å². The standard InChI is InChI=1S/C20H18ClN3O5/c1-11(25)22-13-2-4-16(15(21)7-13)23-20(27)12-6-19(26)24(9-12)14-3-5-17-18(8-14)29-10-28-17/h2-5,7-8,12H,6,9-10H2,1H3,(H,22,25)(H,23,27). The molecule has 1 saturated heterocycles. The molecule has 2 heterocycles. The van der Waals surface area contributed by atoms with Gasteiger partial charge in [-0.05, 0) is 30.3 Å². The number of nitrogens with one attached hydrogen (secondary N) is 2. The molecule has 0 radical (unpaired) electrons. The van der Waals surface area contributed by atoms with Gasteiger partial charge in [-0.3, -0.25) is 14.4 Å². The third-order valence-corrected chi connectivity index (χ3v) is 5.02. The van der Waals surface area contributed by atoms with E-state index in [0.717, 1.165) is 0 Å². The molecule has 4 rings (SSSR count). The smallest absolute Gasteiger partial charge is 0.231 e. The maximum absolute atomic E-state index is 12.7. The number of carbonyl (C=O) groups excluding carboxylic acids is 3. The fourth-order valence-corrected chi connectivity index (χ4v) is 3.55. The summed E-state index contributed by atoms with van der Waals surface area (Å²) in [5.74, 6) is 0.0399. The number of anilines is 3. The van der Waals surface area contributed by atoms with Gasteiger partial charge in [0.25, 0.3) is 0 Å². The maximum Gasteiger partial charge on any atom is 0.231 e. The molecule has 0 bridgehead atoms. The number of halogens is 1. The number of hydrogen-bond donors (Lipinski definition) is 2. The number of fused-ring (bicyclic) bond motifs is 1. The summed E-state index contributed by atoms with van der Waals surface area (Å²) in [5.41, 5.74) is 1.61. The Morgan fingerprint density at radius 2 is 1.90 bits per heavy atom. The first-order chi connectivity index (χ1) is 13.9. The Morgan fingerprint density at radius 3 is 2.66 bits per heavy atom. The molecular formula is C20H18ClN3O5. The highest BCUT2D eigenvalue weighted by Crippen LogP contribution is 2.37. The van der Waals surface area contributed by atoms with E-state index in [-0.39, 0.29) is 37.5 Å². The summed E-state index contributed by atoms with van der Waals surface area (Å²) in [4.78, 5) is 37.8. The van der Waals surface area contributed by atoms with Crippen molar-refractivity contribution in [2.24, 2.45) is 5.92 Å². The van der Waals surface area contributed by atoms with Gasteiger partial charge in [-0.25, -0.2) is 0 Å². The Labute approximate surface area is 171 Å². The molecule has 2 aromatic rings. The average Bonchev–Trinajstić information content (AvgIpc) is 3.29. The van der Waals surface area contributed by atoms with Gasteiger partial charge in [-0.1, -0.05) is 11.6 Å². The Hall–Kier alpha value is -3.26. The lowest BCUT2D eigenvalue weighted by molar-refractivity contribution is -0.122. The second-order valence-corrected chi connectivity index (χ2v) is 7.22. The number of nitrogens with zero attached hydrogens (tertiary/aromatic N) is 1. The summed E-state index contributed by atoms with van der Waals surface area (Å²) < 4.78 is 10.6. The summed E-state index contributed by atoms with van der Waals surface area (Å²) in [7, 11) is 0. The Bertz CT molecular complexity index is 1010. The molecule has 8 nitrogen and oxygen atoms in total. The van der Waals surface area contributed by atoms with Crippen LogP contribution in [0.2, 0.25) is 5.02 Å². The van der Waals surface area contributed by atoms with Crippen LogP contribution in [0.5, 0.6) is 11.5 Å². The van der Waals surface area contributed by atoms with Crippen molar-refractivity contribution in [3.63, 3.8) is 0 Å². The van der Waals surface area contributed by atoms with Gasteiger partial charge in [0.1, 0.15) is 0 Å². The van der Waals surface area contributed by atoms with Crippen LogP contribution in [-0.4, -0.2) is 31.1 Å². The number of rotatable bonds is 4. The number of carbonyl (C=O) groups is 3. The molecule has 2 aliphatic rings. The van der Waals surface area contributed by atoms with Gasteiger partial charge >= 0.3 is 0 Å². The number of amides is 3. The average molecular weight is 416 g/mol. The van der Waals surface area contributed by atoms with E-state index in [2.05, 4.69) is 10.6 Å². The van der Waals surface area contributed by atoms with E-state index in [0.29, 0.717) is 33.6 Å². The number of benzene rings is 2. The largest absolute Gasteiger partial charge is 0.454 e. The predicted octanol–water partition coefficient (Wildman–Crippen LogP) is 3.02. The minimum atomic E-state index is -0.515. The maximum atomic E-state index is 12.7. The van der Waals surface area contributed by atoms with Crippen LogP contribution in [0, 0.1) is 5.92 Å². The normalized spacial score (nSPS) is 17.4. The van der Waals surface area contributed by atoms with Crippen LogP contribution in [0.1, 0.15) is 13.3 Å². The van der Waals surface area contributed by atoms with Gasteiger partial charge in [-0.2, -0.15) is 0 Å². The summed E-state index contributed by atoms with van der Waals surface area (Å²) >= 11 is 6.20. The van der Waals surface area contributed by atoms with Crippen LogP contribution in [0.15, 0.2) is 36.4 Å². The fourth-order valence-electron chi connectivity index (χ4n) is 3.32. The Balaban J connectivity index is 1.44. The number of hydrogen-bond acceptors (Lipinski definition) is 5. The first kappa shape index (κ1) is 19.1. The van der Waals surface area contributed by atoms with Crippen LogP contribution in [0.3, 0.4) is 0 Å². The molecule has 0 aliphatic carbocycles. The highest BCUT2D eigenvalue weighted by atomic mass is 35.5. The highest BCUT2D eigenvalue weighted by molar-refractivity contribution is 6.34. The van der Waals surface area contributed by atoms with Crippen molar-refractivity contribution in [3.8, 4) is 11.5 Å². The lowest BCUT2D eigenvalue weighted by Crippen LogP contribution is -2.28. The molecule has 0 aromatic heterocycles. The zero-order valence-electron chi connectivity index (χ0n) is 15.5. The van der Waals surface area contributed by atoms with Gasteiger partial charge in [0, 0.05) is 37.3 Å². The fraction of sp³-hybridized carbons (Fsp3) is 0.250. The summed E-state index contributed by atoms with van der Waals surface area (Å²) in [6.07, 6.45) is 0.0991. The SMILES string of the molecule is CC(=O)Nc1ccc(NC(=O)C2CC(=O)N(c3ccc4c(c3)OCO4)C2)c(Cl)c1. The first-order valence-corrected chi connectivity index (χ1v) is 9.36. The molecule has 0 spiro atoms. The molecule has 2 N–H and O–H groups in total. The topological polar surface area (TPSA) is 97.0 Å². The second-order valence-electron chi connectivity index (χ2n) is 6.81. The van der Waals surface area contributed by atoms with Crippen molar-refractivity contribution >= 4 is 46.4 Å². The molecule has 1 unspecified atom stereocenters. The molecule has 1 fully saturated rings. The minimum absolute atomic E-state index is 0.0991. The summed E-state index contributed by atoms with van der Waals surface area (Å²) in [6, 6.07) is 10.0. The van der Waals surface area contributed by atoms with Gasteiger partial charge < -0.3 is 25.0 Å². The molecule has 1 atom stereocenters. The molecular weight excluding hydrogens is 398 g/mol. The third kappa shape index (κ3) is 3.97. The van der Waals surface area contributed by atoms with E-state index in [1.54, 1.807) is 41.3 Å². The van der Waals surface area contributed by atoms with Gasteiger partial charge in [0.15, 0.2) is 11.5 Å². The van der Waals surface area contributed by atoms with Crippen molar-refractivity contribution in [1.82, 2.24) is 0 Å². The van der Waals surface area contributed by atoms with E-state index in [1.165, 1.54) is 6.92 Å². The molecule has 3 amide bonds. The summed E-state index contributed by atoms with van der Waals surface area (Å²) in [6.45, 7) is 1.80. The zero-order chi connectivity index (χ0) is 20.5. The van der Waals surface area contributed by atoms with Crippen molar-refractivity contribution in [3.05, 3.63) is 41.4 Å². The summed E-state index contributed by atoms with van der Waals surface area (Å²) in [5, 5.41) is 5.68. The minimum Gasteiger partial charge on any atom is -0.454 e. The predicted molar refractivity (Wildman–Crippen MR) is 107 cm³/mol. The van der Waals surface area contributed by atoms with E-state index in [4.69, 9.17) is 21.1 Å². The Kier molecular flexibility index (Phi) is 5.02. The van der Waals surface area contributed by atoms with E-state index in [9.17, 15) is 14.4 Å². The zero-order valence-corrected chi connectivity index (χ0v) is 16.3. The lowest BCUT2D eigenvalue weighted by atomic mass is 10.1. The van der Waals surface area contributed by atoms with Gasteiger partial charge in [0.05, 0.1) is 16.6 Å². The van der Waals surface area contributed by atoms with Crippen molar-refractivity contribution < 1.29 is 23.9 Å². The van der Waals surface area contributed by atoms with E-state index < -0.39 is 5.92 Å². The quantitative estimate of drug-likeness (QED) is 0.800. The van der Waals surface area contributed by atoms with Crippen molar-refractivity contribution in [2.75, 3.05) is 28.9 Å². The molecule has 29 heavy (non-hydrogen) atoms. The Morgan fingerprint density at radius 1 is 1.10 bits per heavy atom. The third-order valence-electron chi connectivity index (χ3n) is 4.71. The molecule has 2 aromatic carbocycles. The monoisotopic (exact) mass is 415 g/mol. The van der Waals surface area contributed by atoms with Crippen LogP contribution in [0.4, 0.5) is 17.1 Å². The first-order valence-electron chi connectivity index (χ1n) is 8.99. The van der Waals surface area contributed by atoms with Crippen molar-refractivity contribution in [1.29, 1.82) is 0 Å². The van der Waals surface area contributed by atoms with Crippen LogP contribution < -0.4 is 25.0 Å². The lowest BCUT2D eigenvalue weighted by Gasteiger charge is -2.17. The molecule has 150 valence electrons.